The molecule has 0 aliphatic rings. The van der Waals surface area contributed by atoms with Crippen molar-refractivity contribution in [1.29, 1.82) is 0 Å². The Morgan fingerprint density at radius 3 is 1.36 bits per heavy atom. The quantitative estimate of drug-likeness (QED) is 0.133. The second-order valence-corrected chi connectivity index (χ2v) is 11.9. The molecule has 0 saturated carbocycles. The van der Waals surface area contributed by atoms with Crippen LogP contribution in [0.3, 0.4) is 0 Å². The number of fused-ring (bicyclic) bond motifs is 7. The van der Waals surface area contributed by atoms with E-state index >= 15 is 0 Å². The van der Waals surface area contributed by atoms with Crippen molar-refractivity contribution >= 4 is 55.3 Å². The molecule has 0 atom stereocenters. The Balaban J connectivity index is 1.69. The molecule has 1 heteroatoms. The Hall–Kier alpha value is -2.08. The fraction of sp³-hybridized carbons (Fsp3) is 0.375. The van der Waals surface area contributed by atoms with Crippen LogP contribution in [0.1, 0.15) is 76.3 Å². The summed E-state index contributed by atoms with van der Waals surface area (Å²) in [6.07, 6.45) is 13.0. The van der Waals surface area contributed by atoms with Gasteiger partial charge < -0.3 is 0 Å². The summed E-state index contributed by atoms with van der Waals surface area (Å²) < 4.78 is 3.21. The van der Waals surface area contributed by atoms with Crippen LogP contribution in [0, 0.1) is 0 Å². The molecule has 0 aliphatic heterocycles. The predicted molar refractivity (Wildman–Crippen MR) is 149 cm³/mol. The van der Waals surface area contributed by atoms with E-state index in [1.165, 1.54) is 96.5 Å². The third kappa shape index (κ3) is 4.51. The predicted octanol–water partition coefficient (Wildman–Crippen LogP) is 9.60. The van der Waals surface area contributed by atoms with Crippen molar-refractivity contribution in [3.63, 3.8) is 0 Å². The van der Waals surface area contributed by atoms with Crippen molar-refractivity contribution in [2.75, 3.05) is 0 Å². The van der Waals surface area contributed by atoms with Crippen LogP contribution in [0.2, 0.25) is 0 Å². The third-order valence-corrected chi connectivity index (χ3v) is 9.53. The van der Waals surface area contributed by atoms with E-state index in [0.29, 0.717) is 14.5 Å². The summed E-state index contributed by atoms with van der Waals surface area (Å²) in [7, 11) is 0. The number of aryl methyl sites for hydroxylation is 2. The van der Waals surface area contributed by atoms with Crippen LogP contribution in [0.25, 0.3) is 40.8 Å². The SMILES string of the molecule is CCCCCCc1cc2[se]c3cc(CCCCCC)c4ccccc4c3c2c2ccccc12. The van der Waals surface area contributed by atoms with Crippen molar-refractivity contribution in [2.45, 2.75) is 78.1 Å². The number of unbranched alkanes of at least 4 members (excludes halogenated alkanes) is 6. The van der Waals surface area contributed by atoms with Gasteiger partial charge in [-0.1, -0.05) is 0 Å². The zero-order valence-electron chi connectivity index (χ0n) is 20.3. The Morgan fingerprint density at radius 1 is 0.515 bits per heavy atom. The van der Waals surface area contributed by atoms with Gasteiger partial charge in [0.2, 0.25) is 0 Å². The normalized spacial score (nSPS) is 11.9. The minimum absolute atomic E-state index is 0.398. The molecule has 0 fully saturated rings. The second kappa shape index (κ2) is 10.5. The summed E-state index contributed by atoms with van der Waals surface area (Å²) in [6, 6.07) is 23.6. The summed E-state index contributed by atoms with van der Waals surface area (Å²) in [5.41, 5.74) is 3.14. The first-order valence-corrected chi connectivity index (χ1v) is 14.8. The summed E-state index contributed by atoms with van der Waals surface area (Å²) in [5.74, 6) is 0. The summed E-state index contributed by atoms with van der Waals surface area (Å²) in [5, 5.41) is 8.97. The van der Waals surface area contributed by atoms with Gasteiger partial charge in [0.15, 0.2) is 0 Å². The van der Waals surface area contributed by atoms with Gasteiger partial charge in [-0.3, -0.25) is 0 Å². The van der Waals surface area contributed by atoms with E-state index in [0.717, 1.165) is 0 Å². The maximum absolute atomic E-state index is 2.58. The van der Waals surface area contributed by atoms with Crippen LogP contribution in [0.5, 0.6) is 0 Å². The van der Waals surface area contributed by atoms with Crippen molar-refractivity contribution in [1.82, 2.24) is 0 Å². The third-order valence-electron chi connectivity index (χ3n) is 7.26. The molecule has 0 amide bonds. The summed E-state index contributed by atoms with van der Waals surface area (Å²) >= 11 is 0.398. The fourth-order valence-corrected chi connectivity index (χ4v) is 8.20. The average Bonchev–Trinajstić information content (AvgIpc) is 3.23. The van der Waals surface area contributed by atoms with Gasteiger partial charge >= 0.3 is 205 Å². The van der Waals surface area contributed by atoms with Gasteiger partial charge in [-0.05, 0) is 0 Å². The van der Waals surface area contributed by atoms with Gasteiger partial charge in [-0.25, -0.2) is 0 Å². The molecule has 0 saturated heterocycles. The molecule has 0 radical (unpaired) electrons. The van der Waals surface area contributed by atoms with Crippen LogP contribution in [-0.2, 0) is 12.8 Å². The van der Waals surface area contributed by atoms with E-state index in [1.807, 2.05) is 0 Å². The zero-order chi connectivity index (χ0) is 22.6. The van der Waals surface area contributed by atoms with Gasteiger partial charge in [-0.15, -0.1) is 0 Å². The molecule has 0 bridgehead atoms. The van der Waals surface area contributed by atoms with Crippen molar-refractivity contribution in [3.8, 4) is 0 Å². The van der Waals surface area contributed by atoms with Crippen molar-refractivity contribution in [3.05, 3.63) is 71.8 Å². The standard InChI is InChI=1S/C32H36Se/c1-3-5-7-9-15-23-21-29-31(27-19-13-11-17-25(23)27)32-28-20-14-12-18-26(28)24(22-30(32)33-29)16-10-8-6-4-2/h11-14,17-22H,3-10,15-16H2,1-2H3. The number of hydrogen-bond donors (Lipinski definition) is 0. The molecule has 170 valence electrons. The molecule has 0 spiro atoms. The first-order chi connectivity index (χ1) is 16.3. The summed E-state index contributed by atoms with van der Waals surface area (Å²) in [4.78, 5) is 0. The minimum atomic E-state index is 0.398. The van der Waals surface area contributed by atoms with Crippen LogP contribution in [0.4, 0.5) is 0 Å². The second-order valence-electron chi connectivity index (χ2n) is 9.63. The molecule has 5 aromatic rings. The van der Waals surface area contributed by atoms with Crippen molar-refractivity contribution in [2.24, 2.45) is 0 Å². The van der Waals surface area contributed by atoms with Crippen LogP contribution in [-0.4, -0.2) is 14.5 Å². The topological polar surface area (TPSA) is 0 Å². The van der Waals surface area contributed by atoms with Gasteiger partial charge in [-0.2, -0.15) is 0 Å². The monoisotopic (exact) mass is 500 g/mol. The Labute approximate surface area is 204 Å². The van der Waals surface area contributed by atoms with Crippen LogP contribution in [0.15, 0.2) is 60.7 Å². The van der Waals surface area contributed by atoms with Crippen LogP contribution < -0.4 is 0 Å². The van der Waals surface area contributed by atoms with E-state index in [1.54, 1.807) is 19.6 Å². The van der Waals surface area contributed by atoms with E-state index in [2.05, 4.69) is 74.5 Å². The van der Waals surface area contributed by atoms with Gasteiger partial charge in [0, 0.05) is 0 Å². The molecule has 1 heterocycles. The molecule has 4 aromatic carbocycles. The number of rotatable bonds is 10. The maximum atomic E-state index is 2.58. The van der Waals surface area contributed by atoms with E-state index in [9.17, 15) is 0 Å². The Bertz CT molecular complexity index is 1280. The average molecular weight is 500 g/mol. The number of benzene rings is 4. The molecule has 33 heavy (non-hydrogen) atoms. The molecule has 1 aromatic heterocycles. The molecular formula is C32H36Se. The fourth-order valence-electron chi connectivity index (χ4n) is 5.54. The molecule has 5 rings (SSSR count). The first kappa shape index (κ1) is 22.7. The molecule has 0 nitrogen and oxygen atoms in total. The van der Waals surface area contributed by atoms with E-state index < -0.39 is 0 Å². The molecular weight excluding hydrogens is 463 g/mol. The van der Waals surface area contributed by atoms with E-state index in [-0.39, 0.29) is 0 Å². The zero-order valence-corrected chi connectivity index (χ0v) is 22.0. The summed E-state index contributed by atoms with van der Waals surface area (Å²) in [6.45, 7) is 4.60. The van der Waals surface area contributed by atoms with Crippen molar-refractivity contribution < 1.29 is 0 Å². The Kier molecular flexibility index (Phi) is 7.19. The Morgan fingerprint density at radius 2 is 0.939 bits per heavy atom. The molecule has 0 aliphatic carbocycles. The first-order valence-electron chi connectivity index (χ1n) is 13.1. The van der Waals surface area contributed by atoms with Gasteiger partial charge in [0.25, 0.3) is 0 Å². The van der Waals surface area contributed by atoms with E-state index in [4.69, 9.17) is 0 Å². The number of hydrogen-bond acceptors (Lipinski definition) is 0. The van der Waals surface area contributed by atoms with Gasteiger partial charge in [0.05, 0.1) is 0 Å². The molecule has 0 unspecified atom stereocenters. The van der Waals surface area contributed by atoms with Crippen LogP contribution >= 0.6 is 0 Å². The molecule has 0 N–H and O–H groups in total. The van der Waals surface area contributed by atoms with Gasteiger partial charge in [0.1, 0.15) is 0 Å².